The van der Waals surface area contributed by atoms with E-state index in [1.165, 1.54) is 5.56 Å². The Morgan fingerprint density at radius 1 is 1.40 bits per heavy atom. The molecule has 1 aromatic carbocycles. The molecule has 102 valence electrons. The van der Waals surface area contributed by atoms with Crippen LogP contribution < -0.4 is 9.47 Å². The number of hydrogen-bond donors (Lipinski definition) is 0. The first-order valence-electron chi connectivity index (χ1n) is 6.24. The first-order chi connectivity index (χ1) is 9.76. The molecule has 2 aromatic rings. The summed E-state index contributed by atoms with van der Waals surface area (Å²) in [6, 6.07) is 7.43. The van der Waals surface area contributed by atoms with Crippen molar-refractivity contribution in [3.63, 3.8) is 0 Å². The third-order valence-corrected chi connectivity index (χ3v) is 3.56. The molecule has 0 saturated heterocycles. The lowest BCUT2D eigenvalue weighted by Gasteiger charge is -2.10. The average Bonchev–Trinajstić information content (AvgIpc) is 2.93. The van der Waals surface area contributed by atoms with Crippen LogP contribution in [0.15, 0.2) is 34.9 Å². The number of ether oxygens (including phenoxy) is 2. The molecule has 2 heterocycles. The summed E-state index contributed by atoms with van der Waals surface area (Å²) in [6.07, 6.45) is 3.18. The SMILES string of the molecule is O=Cc1ccc(OCc2cc(Br)cc3c2OCC3)cn1. The van der Waals surface area contributed by atoms with Crippen molar-refractivity contribution in [3.8, 4) is 11.5 Å². The molecule has 0 amide bonds. The summed E-state index contributed by atoms with van der Waals surface area (Å²) in [5.41, 5.74) is 2.60. The van der Waals surface area contributed by atoms with Gasteiger partial charge in [0.1, 0.15) is 23.8 Å². The van der Waals surface area contributed by atoms with Crippen LogP contribution in [-0.4, -0.2) is 17.9 Å². The van der Waals surface area contributed by atoms with Gasteiger partial charge in [-0.1, -0.05) is 15.9 Å². The highest BCUT2D eigenvalue weighted by atomic mass is 79.9. The summed E-state index contributed by atoms with van der Waals surface area (Å²) in [7, 11) is 0. The topological polar surface area (TPSA) is 48.4 Å². The van der Waals surface area contributed by atoms with E-state index in [-0.39, 0.29) is 0 Å². The molecule has 0 bridgehead atoms. The second kappa shape index (κ2) is 5.63. The molecule has 1 aromatic heterocycles. The number of hydrogen-bond acceptors (Lipinski definition) is 4. The van der Waals surface area contributed by atoms with Gasteiger partial charge in [-0.15, -0.1) is 0 Å². The minimum Gasteiger partial charge on any atom is -0.493 e. The molecule has 20 heavy (non-hydrogen) atoms. The van der Waals surface area contributed by atoms with Gasteiger partial charge in [0, 0.05) is 16.5 Å². The van der Waals surface area contributed by atoms with Gasteiger partial charge in [-0.2, -0.15) is 0 Å². The summed E-state index contributed by atoms with van der Waals surface area (Å²) < 4.78 is 12.4. The molecule has 4 nitrogen and oxygen atoms in total. The van der Waals surface area contributed by atoms with E-state index in [1.807, 2.05) is 6.07 Å². The molecule has 1 aliphatic rings. The fraction of sp³-hybridized carbons (Fsp3) is 0.200. The van der Waals surface area contributed by atoms with Gasteiger partial charge >= 0.3 is 0 Å². The van der Waals surface area contributed by atoms with Gasteiger partial charge in [-0.25, -0.2) is 4.98 Å². The van der Waals surface area contributed by atoms with E-state index in [9.17, 15) is 4.79 Å². The van der Waals surface area contributed by atoms with Gasteiger partial charge in [0.15, 0.2) is 6.29 Å². The molecular formula is C15H12BrNO3. The number of pyridine rings is 1. The molecule has 3 rings (SSSR count). The van der Waals surface area contributed by atoms with Gasteiger partial charge in [-0.05, 0) is 29.8 Å². The molecule has 0 fully saturated rings. The number of rotatable bonds is 4. The third-order valence-electron chi connectivity index (χ3n) is 3.10. The summed E-state index contributed by atoms with van der Waals surface area (Å²) in [6.45, 7) is 1.12. The van der Waals surface area contributed by atoms with Crippen molar-refractivity contribution in [2.75, 3.05) is 6.61 Å². The van der Waals surface area contributed by atoms with Crippen LogP contribution in [0, 0.1) is 0 Å². The van der Waals surface area contributed by atoms with E-state index in [1.54, 1.807) is 18.3 Å². The van der Waals surface area contributed by atoms with Gasteiger partial charge in [0.2, 0.25) is 0 Å². The largest absolute Gasteiger partial charge is 0.493 e. The van der Waals surface area contributed by atoms with Crippen LogP contribution in [-0.2, 0) is 13.0 Å². The Hall–Kier alpha value is -1.88. The highest BCUT2D eigenvalue weighted by Gasteiger charge is 2.17. The number of nitrogens with zero attached hydrogens (tertiary/aromatic N) is 1. The van der Waals surface area contributed by atoms with Crippen molar-refractivity contribution in [1.82, 2.24) is 4.98 Å². The fourth-order valence-corrected chi connectivity index (χ4v) is 2.71. The standard InChI is InChI=1S/C15H12BrNO3/c16-12-5-10-3-4-19-15(10)11(6-12)9-20-14-2-1-13(8-18)17-7-14/h1-2,5-8H,3-4,9H2. The van der Waals surface area contributed by atoms with Crippen LogP contribution >= 0.6 is 15.9 Å². The lowest BCUT2D eigenvalue weighted by atomic mass is 10.1. The molecular weight excluding hydrogens is 322 g/mol. The van der Waals surface area contributed by atoms with Gasteiger partial charge in [-0.3, -0.25) is 4.79 Å². The predicted octanol–water partition coefficient (Wildman–Crippen LogP) is 3.17. The molecule has 0 unspecified atom stereocenters. The van der Waals surface area contributed by atoms with E-state index >= 15 is 0 Å². The smallest absolute Gasteiger partial charge is 0.168 e. The Morgan fingerprint density at radius 2 is 2.30 bits per heavy atom. The minimum atomic E-state index is 0.393. The molecule has 0 spiro atoms. The molecule has 0 radical (unpaired) electrons. The maximum absolute atomic E-state index is 10.5. The quantitative estimate of drug-likeness (QED) is 0.806. The predicted molar refractivity (Wildman–Crippen MR) is 77.3 cm³/mol. The van der Waals surface area contributed by atoms with E-state index in [4.69, 9.17) is 9.47 Å². The highest BCUT2D eigenvalue weighted by molar-refractivity contribution is 9.10. The van der Waals surface area contributed by atoms with Crippen molar-refractivity contribution < 1.29 is 14.3 Å². The fourth-order valence-electron chi connectivity index (χ4n) is 2.16. The first-order valence-corrected chi connectivity index (χ1v) is 7.03. The Balaban J connectivity index is 1.76. The maximum Gasteiger partial charge on any atom is 0.168 e. The van der Waals surface area contributed by atoms with E-state index < -0.39 is 0 Å². The van der Waals surface area contributed by atoms with E-state index in [2.05, 4.69) is 27.0 Å². The van der Waals surface area contributed by atoms with Crippen LogP contribution in [0.3, 0.4) is 0 Å². The number of halogens is 1. The highest BCUT2D eigenvalue weighted by Crippen LogP contribution is 2.33. The van der Waals surface area contributed by atoms with Gasteiger partial charge in [0.05, 0.1) is 12.8 Å². The van der Waals surface area contributed by atoms with Crippen molar-refractivity contribution >= 4 is 22.2 Å². The molecule has 0 N–H and O–H groups in total. The average molecular weight is 334 g/mol. The normalized spacial score (nSPS) is 12.7. The number of carbonyl (C=O) groups excluding carboxylic acids is 1. The summed E-state index contributed by atoms with van der Waals surface area (Å²) in [5.74, 6) is 1.55. The number of fused-ring (bicyclic) bond motifs is 1. The maximum atomic E-state index is 10.5. The molecule has 0 aliphatic carbocycles. The van der Waals surface area contributed by atoms with Crippen LogP contribution in [0.4, 0.5) is 0 Å². The third kappa shape index (κ3) is 2.67. The van der Waals surface area contributed by atoms with Gasteiger partial charge < -0.3 is 9.47 Å². The Labute approximate surface area is 124 Å². The van der Waals surface area contributed by atoms with E-state index in [0.29, 0.717) is 30.9 Å². The number of benzene rings is 1. The zero-order chi connectivity index (χ0) is 13.9. The Morgan fingerprint density at radius 3 is 3.05 bits per heavy atom. The molecule has 5 heteroatoms. The van der Waals surface area contributed by atoms with E-state index in [0.717, 1.165) is 22.2 Å². The second-order valence-electron chi connectivity index (χ2n) is 4.48. The van der Waals surface area contributed by atoms with Crippen molar-refractivity contribution in [1.29, 1.82) is 0 Å². The van der Waals surface area contributed by atoms with Crippen LogP contribution in [0.2, 0.25) is 0 Å². The monoisotopic (exact) mass is 333 g/mol. The Bertz CT molecular complexity index is 640. The zero-order valence-electron chi connectivity index (χ0n) is 10.6. The molecule has 1 aliphatic heterocycles. The number of carbonyl (C=O) groups is 1. The zero-order valence-corrected chi connectivity index (χ0v) is 12.2. The molecule has 0 atom stereocenters. The van der Waals surface area contributed by atoms with Crippen molar-refractivity contribution in [2.45, 2.75) is 13.0 Å². The van der Waals surface area contributed by atoms with Crippen LogP contribution in [0.5, 0.6) is 11.5 Å². The first kappa shape index (κ1) is 13.1. The summed E-state index contributed by atoms with van der Waals surface area (Å²) >= 11 is 3.50. The minimum absolute atomic E-state index is 0.393. The number of aldehydes is 1. The van der Waals surface area contributed by atoms with Crippen LogP contribution in [0.1, 0.15) is 21.6 Å². The molecule has 0 saturated carbocycles. The Kier molecular flexibility index (Phi) is 3.69. The van der Waals surface area contributed by atoms with Gasteiger partial charge in [0.25, 0.3) is 0 Å². The lowest BCUT2D eigenvalue weighted by Crippen LogP contribution is -1.99. The lowest BCUT2D eigenvalue weighted by molar-refractivity contribution is 0.111. The summed E-state index contributed by atoms with van der Waals surface area (Å²) in [4.78, 5) is 14.5. The summed E-state index contributed by atoms with van der Waals surface area (Å²) in [5, 5.41) is 0. The van der Waals surface area contributed by atoms with Crippen molar-refractivity contribution in [3.05, 3.63) is 51.8 Å². The van der Waals surface area contributed by atoms with Crippen molar-refractivity contribution in [2.24, 2.45) is 0 Å². The second-order valence-corrected chi connectivity index (χ2v) is 5.39. The number of aromatic nitrogens is 1. The van der Waals surface area contributed by atoms with Crippen LogP contribution in [0.25, 0.3) is 0 Å².